The number of rotatable bonds is 4. The predicted molar refractivity (Wildman–Crippen MR) is 54.9 cm³/mol. The summed E-state index contributed by atoms with van der Waals surface area (Å²) in [7, 11) is 0. The summed E-state index contributed by atoms with van der Waals surface area (Å²) < 4.78 is 13.0. The molecule has 0 aliphatic heterocycles. The normalized spacial score (nSPS) is 9.86. The van der Waals surface area contributed by atoms with Gasteiger partial charge in [0.25, 0.3) is 0 Å². The smallest absolute Gasteiger partial charge is 0.142 e. The van der Waals surface area contributed by atoms with E-state index in [-0.39, 0.29) is 23.6 Å². The van der Waals surface area contributed by atoms with Crippen LogP contribution < -0.4 is 0 Å². The Morgan fingerprint density at radius 2 is 2.29 bits per heavy atom. The number of carbonyl (C=O) groups excluding carboxylic acids is 1. The Bertz CT molecular complexity index is 360. The lowest BCUT2D eigenvalue weighted by Crippen LogP contribution is -2.02. The highest BCUT2D eigenvalue weighted by atomic mass is 35.5. The van der Waals surface area contributed by atoms with Gasteiger partial charge in [-0.3, -0.25) is 4.79 Å². The van der Waals surface area contributed by atoms with E-state index >= 15 is 0 Å². The fourth-order valence-corrected chi connectivity index (χ4v) is 1.32. The highest BCUT2D eigenvalue weighted by molar-refractivity contribution is 6.31. The molecule has 0 heterocycles. The van der Waals surface area contributed by atoms with Crippen molar-refractivity contribution in [2.24, 2.45) is 0 Å². The fourth-order valence-electron chi connectivity index (χ4n) is 1.13. The number of Topliss-reactive ketones (excluding diaryl/α,β-unsaturated/α-hetero) is 1. The van der Waals surface area contributed by atoms with Crippen LogP contribution >= 0.6 is 11.6 Å². The molecule has 1 rings (SSSR count). The van der Waals surface area contributed by atoms with Crippen LogP contribution in [0.1, 0.15) is 12.0 Å². The van der Waals surface area contributed by atoms with Gasteiger partial charge in [0, 0.05) is 12.8 Å². The summed E-state index contributed by atoms with van der Waals surface area (Å²) in [4.78, 5) is 11.2. The van der Waals surface area contributed by atoms with Gasteiger partial charge in [-0.15, -0.1) is 6.58 Å². The molecule has 0 aromatic heterocycles. The lowest BCUT2D eigenvalue weighted by molar-refractivity contribution is -0.117. The summed E-state index contributed by atoms with van der Waals surface area (Å²) in [6.07, 6.45) is 1.96. The average molecular weight is 213 g/mol. The molecule has 0 saturated heterocycles. The molecule has 0 fully saturated rings. The topological polar surface area (TPSA) is 17.1 Å². The molecular formula is C11H10ClFO. The third kappa shape index (κ3) is 2.67. The standard InChI is InChI=1S/C11H10ClFO/c1-2-4-9(14)7-8-5-3-6-10(13)11(8)12/h2-3,5-6H,1,4,7H2. The summed E-state index contributed by atoms with van der Waals surface area (Å²) in [5.41, 5.74) is 0.526. The van der Waals surface area contributed by atoms with Crippen LogP contribution in [-0.4, -0.2) is 5.78 Å². The molecule has 0 aliphatic rings. The van der Waals surface area contributed by atoms with Crippen LogP contribution in [0.3, 0.4) is 0 Å². The quantitative estimate of drug-likeness (QED) is 0.701. The first-order chi connectivity index (χ1) is 6.65. The molecule has 0 atom stereocenters. The minimum absolute atomic E-state index is 0.0208. The van der Waals surface area contributed by atoms with Crippen molar-refractivity contribution in [3.05, 3.63) is 47.3 Å². The SMILES string of the molecule is C=CCC(=O)Cc1cccc(F)c1Cl. The van der Waals surface area contributed by atoms with Crippen molar-refractivity contribution in [2.75, 3.05) is 0 Å². The Kier molecular flexibility index (Phi) is 3.84. The van der Waals surface area contributed by atoms with E-state index in [1.165, 1.54) is 18.2 Å². The van der Waals surface area contributed by atoms with Crippen molar-refractivity contribution in [3.8, 4) is 0 Å². The largest absolute Gasteiger partial charge is 0.299 e. The Morgan fingerprint density at radius 1 is 1.57 bits per heavy atom. The molecule has 3 heteroatoms. The zero-order valence-corrected chi connectivity index (χ0v) is 8.35. The van der Waals surface area contributed by atoms with Gasteiger partial charge in [-0.05, 0) is 11.6 Å². The Balaban J connectivity index is 2.81. The zero-order chi connectivity index (χ0) is 10.6. The lowest BCUT2D eigenvalue weighted by Gasteiger charge is -2.02. The van der Waals surface area contributed by atoms with Gasteiger partial charge in [0.05, 0.1) is 5.02 Å². The number of hydrogen-bond donors (Lipinski definition) is 0. The van der Waals surface area contributed by atoms with Gasteiger partial charge in [0.1, 0.15) is 11.6 Å². The summed E-state index contributed by atoms with van der Waals surface area (Å²) in [5, 5.41) is 0.0323. The van der Waals surface area contributed by atoms with Crippen molar-refractivity contribution in [2.45, 2.75) is 12.8 Å². The second kappa shape index (κ2) is 4.91. The fraction of sp³-hybridized carbons (Fsp3) is 0.182. The van der Waals surface area contributed by atoms with E-state index in [2.05, 4.69) is 6.58 Å². The zero-order valence-electron chi connectivity index (χ0n) is 7.59. The van der Waals surface area contributed by atoms with Crippen LogP contribution in [0.4, 0.5) is 4.39 Å². The van der Waals surface area contributed by atoms with Crippen LogP contribution in [0.25, 0.3) is 0 Å². The Hall–Kier alpha value is -1.15. The number of ketones is 1. The second-order valence-electron chi connectivity index (χ2n) is 2.92. The predicted octanol–water partition coefficient (Wildman–Crippen LogP) is 3.17. The van der Waals surface area contributed by atoms with Crippen molar-refractivity contribution in [1.29, 1.82) is 0 Å². The molecular weight excluding hydrogens is 203 g/mol. The molecule has 1 aromatic rings. The highest BCUT2D eigenvalue weighted by Crippen LogP contribution is 2.20. The van der Waals surface area contributed by atoms with Crippen molar-refractivity contribution in [1.82, 2.24) is 0 Å². The summed E-state index contributed by atoms with van der Waals surface area (Å²) >= 11 is 5.68. The van der Waals surface area contributed by atoms with Gasteiger partial charge >= 0.3 is 0 Å². The molecule has 0 saturated carbocycles. The van der Waals surface area contributed by atoms with E-state index in [1.807, 2.05) is 0 Å². The van der Waals surface area contributed by atoms with E-state index in [0.717, 1.165) is 0 Å². The average Bonchev–Trinajstić information content (AvgIpc) is 2.13. The Morgan fingerprint density at radius 3 is 2.93 bits per heavy atom. The molecule has 74 valence electrons. The molecule has 0 unspecified atom stereocenters. The first-order valence-corrected chi connectivity index (χ1v) is 4.58. The van der Waals surface area contributed by atoms with Gasteiger partial charge in [-0.1, -0.05) is 29.8 Å². The molecule has 14 heavy (non-hydrogen) atoms. The Labute approximate surface area is 87.2 Å². The summed E-state index contributed by atoms with van der Waals surface area (Å²) in [6, 6.07) is 4.45. The lowest BCUT2D eigenvalue weighted by atomic mass is 10.1. The maximum Gasteiger partial charge on any atom is 0.142 e. The minimum Gasteiger partial charge on any atom is -0.299 e. The monoisotopic (exact) mass is 212 g/mol. The first kappa shape index (κ1) is 10.9. The van der Waals surface area contributed by atoms with Gasteiger partial charge in [0.2, 0.25) is 0 Å². The summed E-state index contributed by atoms with van der Waals surface area (Å²) in [5.74, 6) is -0.511. The molecule has 0 amide bonds. The number of allylic oxidation sites excluding steroid dienone is 1. The number of halogens is 2. The minimum atomic E-state index is -0.490. The molecule has 0 aliphatic carbocycles. The van der Waals surface area contributed by atoms with E-state index in [1.54, 1.807) is 6.07 Å². The maximum absolute atomic E-state index is 13.0. The molecule has 0 spiro atoms. The molecule has 0 radical (unpaired) electrons. The number of carbonyl (C=O) groups is 1. The van der Waals surface area contributed by atoms with Gasteiger partial charge in [0.15, 0.2) is 0 Å². The van der Waals surface area contributed by atoms with E-state index in [4.69, 9.17) is 11.6 Å². The summed E-state index contributed by atoms with van der Waals surface area (Å²) in [6.45, 7) is 3.45. The van der Waals surface area contributed by atoms with Crippen molar-refractivity contribution < 1.29 is 9.18 Å². The van der Waals surface area contributed by atoms with Crippen molar-refractivity contribution in [3.63, 3.8) is 0 Å². The number of hydrogen-bond acceptors (Lipinski definition) is 1. The molecule has 1 aromatic carbocycles. The molecule has 0 N–H and O–H groups in total. The van der Waals surface area contributed by atoms with Crippen molar-refractivity contribution >= 4 is 17.4 Å². The second-order valence-corrected chi connectivity index (χ2v) is 3.30. The van der Waals surface area contributed by atoms with Crippen LogP contribution in [-0.2, 0) is 11.2 Å². The highest BCUT2D eigenvalue weighted by Gasteiger charge is 2.08. The van der Waals surface area contributed by atoms with Gasteiger partial charge in [-0.2, -0.15) is 0 Å². The number of benzene rings is 1. The first-order valence-electron chi connectivity index (χ1n) is 4.20. The van der Waals surface area contributed by atoms with Gasteiger partial charge in [-0.25, -0.2) is 4.39 Å². The van der Waals surface area contributed by atoms with E-state index in [0.29, 0.717) is 5.56 Å². The van der Waals surface area contributed by atoms with Crippen LogP contribution in [0, 0.1) is 5.82 Å². The van der Waals surface area contributed by atoms with E-state index in [9.17, 15) is 9.18 Å². The third-order valence-electron chi connectivity index (χ3n) is 1.79. The maximum atomic E-state index is 13.0. The van der Waals surface area contributed by atoms with Crippen LogP contribution in [0.15, 0.2) is 30.9 Å². The molecule has 0 bridgehead atoms. The third-order valence-corrected chi connectivity index (χ3v) is 2.21. The van der Waals surface area contributed by atoms with Gasteiger partial charge < -0.3 is 0 Å². The van der Waals surface area contributed by atoms with Crippen LogP contribution in [0.5, 0.6) is 0 Å². The van der Waals surface area contributed by atoms with Crippen LogP contribution in [0.2, 0.25) is 5.02 Å². The van der Waals surface area contributed by atoms with E-state index < -0.39 is 5.82 Å². The molecule has 1 nitrogen and oxygen atoms in total.